The molecule has 0 aliphatic rings. The van der Waals surface area contributed by atoms with Crippen LogP contribution in [0.5, 0.6) is 5.75 Å². The first-order chi connectivity index (χ1) is 6.81. The Hall–Kier alpha value is -2.03. The molecule has 0 saturated heterocycles. The van der Waals surface area contributed by atoms with E-state index in [2.05, 4.69) is 5.16 Å². The third-order valence-electron chi connectivity index (χ3n) is 2.09. The molecule has 0 fully saturated rings. The molecule has 0 spiro atoms. The van der Waals surface area contributed by atoms with Gasteiger partial charge in [-0.3, -0.25) is 0 Å². The van der Waals surface area contributed by atoms with E-state index < -0.39 is 0 Å². The van der Waals surface area contributed by atoms with Gasteiger partial charge in [0.25, 0.3) is 0 Å². The topological polar surface area (TPSA) is 52.8 Å². The van der Waals surface area contributed by atoms with Gasteiger partial charge in [-0.25, -0.2) is 0 Å². The lowest BCUT2D eigenvalue weighted by molar-refractivity contribution is 0.321. The molecule has 14 heavy (non-hydrogen) atoms. The molecule has 3 heteroatoms. The molecule has 0 saturated carbocycles. The standard InChI is InChI=1S/C11H9NO2/c13-11-6-9-4-2-1-3-8(9)5-10(11)7-12-14/h1-7,13-14H/b12-7+. The van der Waals surface area contributed by atoms with E-state index in [-0.39, 0.29) is 5.75 Å². The average Bonchev–Trinajstić information content (AvgIpc) is 2.19. The molecule has 70 valence electrons. The summed E-state index contributed by atoms with van der Waals surface area (Å²) in [5.41, 5.74) is 0.506. The number of rotatable bonds is 1. The summed E-state index contributed by atoms with van der Waals surface area (Å²) in [6.45, 7) is 0. The van der Waals surface area contributed by atoms with Crippen molar-refractivity contribution in [1.82, 2.24) is 0 Å². The van der Waals surface area contributed by atoms with Gasteiger partial charge in [0.2, 0.25) is 0 Å². The molecule has 0 atom stereocenters. The fraction of sp³-hybridized carbons (Fsp3) is 0. The third-order valence-corrected chi connectivity index (χ3v) is 2.09. The number of hydrogen-bond acceptors (Lipinski definition) is 3. The number of aromatic hydroxyl groups is 1. The average molecular weight is 187 g/mol. The first-order valence-corrected chi connectivity index (χ1v) is 4.20. The Labute approximate surface area is 80.9 Å². The monoisotopic (exact) mass is 187 g/mol. The van der Waals surface area contributed by atoms with Crippen LogP contribution in [0.15, 0.2) is 41.6 Å². The Kier molecular flexibility index (Phi) is 2.07. The first-order valence-electron chi connectivity index (χ1n) is 4.20. The fourth-order valence-electron chi connectivity index (χ4n) is 1.41. The molecule has 0 aromatic heterocycles. The van der Waals surface area contributed by atoms with E-state index in [1.807, 2.05) is 24.3 Å². The van der Waals surface area contributed by atoms with Crippen molar-refractivity contribution in [2.75, 3.05) is 0 Å². The number of nitrogens with zero attached hydrogens (tertiary/aromatic N) is 1. The lowest BCUT2D eigenvalue weighted by atomic mass is 10.1. The number of hydrogen-bond donors (Lipinski definition) is 2. The van der Waals surface area contributed by atoms with Gasteiger partial charge < -0.3 is 10.3 Å². The molecule has 2 N–H and O–H groups in total. The van der Waals surface area contributed by atoms with Crippen molar-refractivity contribution < 1.29 is 10.3 Å². The van der Waals surface area contributed by atoms with E-state index in [0.29, 0.717) is 5.56 Å². The summed E-state index contributed by atoms with van der Waals surface area (Å²) in [7, 11) is 0. The second kappa shape index (κ2) is 3.38. The van der Waals surface area contributed by atoms with Crippen LogP contribution in [0.2, 0.25) is 0 Å². The van der Waals surface area contributed by atoms with Crippen LogP contribution in [0.4, 0.5) is 0 Å². The molecule has 2 aromatic rings. The van der Waals surface area contributed by atoms with Gasteiger partial charge in [-0.2, -0.15) is 0 Å². The predicted octanol–water partition coefficient (Wildman–Crippen LogP) is 2.35. The predicted molar refractivity (Wildman–Crippen MR) is 55.0 cm³/mol. The zero-order valence-electron chi connectivity index (χ0n) is 7.38. The van der Waals surface area contributed by atoms with Crippen molar-refractivity contribution in [3.05, 3.63) is 42.0 Å². The van der Waals surface area contributed by atoms with Gasteiger partial charge in [0.1, 0.15) is 5.75 Å². The van der Waals surface area contributed by atoms with Gasteiger partial charge in [-0.1, -0.05) is 29.4 Å². The van der Waals surface area contributed by atoms with Crippen LogP contribution in [0, 0.1) is 0 Å². The van der Waals surface area contributed by atoms with Crippen molar-refractivity contribution in [1.29, 1.82) is 0 Å². The molecule has 0 unspecified atom stereocenters. The molecule has 0 radical (unpaired) electrons. The maximum atomic E-state index is 9.54. The highest BCUT2D eigenvalue weighted by molar-refractivity contribution is 5.93. The van der Waals surface area contributed by atoms with E-state index in [1.165, 1.54) is 6.21 Å². The summed E-state index contributed by atoms with van der Waals surface area (Å²) in [4.78, 5) is 0. The van der Waals surface area contributed by atoms with Crippen molar-refractivity contribution in [2.24, 2.45) is 5.16 Å². The van der Waals surface area contributed by atoms with Crippen LogP contribution in [-0.2, 0) is 0 Å². The summed E-state index contributed by atoms with van der Waals surface area (Å²) in [6, 6.07) is 11.1. The summed E-state index contributed by atoms with van der Waals surface area (Å²) in [5.74, 6) is 0.113. The summed E-state index contributed by atoms with van der Waals surface area (Å²) in [5, 5.41) is 22.8. The zero-order valence-corrected chi connectivity index (χ0v) is 7.38. The molecule has 2 rings (SSSR count). The van der Waals surface area contributed by atoms with Gasteiger partial charge >= 0.3 is 0 Å². The SMILES string of the molecule is O/N=C/c1cc2ccccc2cc1O. The van der Waals surface area contributed by atoms with Crippen LogP contribution in [0.1, 0.15) is 5.56 Å². The summed E-state index contributed by atoms with van der Waals surface area (Å²) < 4.78 is 0. The van der Waals surface area contributed by atoms with Crippen LogP contribution in [0.25, 0.3) is 10.8 Å². The van der Waals surface area contributed by atoms with Crippen LogP contribution < -0.4 is 0 Å². The minimum Gasteiger partial charge on any atom is -0.507 e. The van der Waals surface area contributed by atoms with Gasteiger partial charge in [0.15, 0.2) is 0 Å². The lowest BCUT2D eigenvalue weighted by Crippen LogP contribution is -1.83. The molecule has 0 heterocycles. The van der Waals surface area contributed by atoms with Crippen LogP contribution in [-0.4, -0.2) is 16.5 Å². The van der Waals surface area contributed by atoms with Crippen molar-refractivity contribution in [2.45, 2.75) is 0 Å². The molecule has 0 bridgehead atoms. The quantitative estimate of drug-likeness (QED) is 0.409. The normalized spacial score (nSPS) is 11.1. The Bertz CT molecular complexity index is 492. The zero-order chi connectivity index (χ0) is 9.97. The summed E-state index contributed by atoms with van der Waals surface area (Å²) >= 11 is 0. The fourth-order valence-corrected chi connectivity index (χ4v) is 1.41. The first kappa shape index (κ1) is 8.56. The number of phenols is 1. The van der Waals surface area contributed by atoms with Gasteiger partial charge in [-0.15, -0.1) is 0 Å². The van der Waals surface area contributed by atoms with E-state index in [4.69, 9.17) is 5.21 Å². The second-order valence-electron chi connectivity index (χ2n) is 3.00. The molecule has 0 aliphatic heterocycles. The number of benzene rings is 2. The smallest absolute Gasteiger partial charge is 0.125 e. The minimum absolute atomic E-state index is 0.113. The molecule has 3 nitrogen and oxygen atoms in total. The van der Waals surface area contributed by atoms with Gasteiger partial charge in [-0.05, 0) is 22.9 Å². The molecule has 2 aromatic carbocycles. The Morgan fingerprint density at radius 2 is 1.71 bits per heavy atom. The maximum Gasteiger partial charge on any atom is 0.125 e. The van der Waals surface area contributed by atoms with Crippen LogP contribution in [0.3, 0.4) is 0 Å². The molecular weight excluding hydrogens is 178 g/mol. The molecular formula is C11H9NO2. The Morgan fingerprint density at radius 3 is 2.36 bits per heavy atom. The van der Waals surface area contributed by atoms with Crippen molar-refractivity contribution in [3.8, 4) is 5.75 Å². The maximum absolute atomic E-state index is 9.54. The van der Waals surface area contributed by atoms with E-state index in [0.717, 1.165) is 10.8 Å². The van der Waals surface area contributed by atoms with E-state index in [1.54, 1.807) is 12.1 Å². The van der Waals surface area contributed by atoms with Crippen LogP contribution >= 0.6 is 0 Å². The molecule has 0 aliphatic carbocycles. The number of fused-ring (bicyclic) bond motifs is 1. The Balaban J connectivity index is 2.70. The molecule has 0 amide bonds. The van der Waals surface area contributed by atoms with Crippen molar-refractivity contribution >= 4 is 17.0 Å². The second-order valence-corrected chi connectivity index (χ2v) is 3.00. The number of phenolic OH excluding ortho intramolecular Hbond substituents is 1. The van der Waals surface area contributed by atoms with Gasteiger partial charge in [0.05, 0.1) is 6.21 Å². The minimum atomic E-state index is 0.113. The lowest BCUT2D eigenvalue weighted by Gasteiger charge is -2.01. The van der Waals surface area contributed by atoms with E-state index >= 15 is 0 Å². The van der Waals surface area contributed by atoms with Crippen molar-refractivity contribution in [3.63, 3.8) is 0 Å². The Morgan fingerprint density at radius 1 is 1.07 bits per heavy atom. The summed E-state index contributed by atoms with van der Waals surface area (Å²) in [6.07, 6.45) is 1.21. The van der Waals surface area contributed by atoms with Gasteiger partial charge in [0, 0.05) is 5.56 Å². The largest absolute Gasteiger partial charge is 0.507 e. The van der Waals surface area contributed by atoms with E-state index in [9.17, 15) is 5.11 Å². The number of oxime groups is 1. The highest BCUT2D eigenvalue weighted by Crippen LogP contribution is 2.23. The third kappa shape index (κ3) is 1.40. The highest BCUT2D eigenvalue weighted by atomic mass is 16.4. The highest BCUT2D eigenvalue weighted by Gasteiger charge is 2.00.